The van der Waals surface area contributed by atoms with Crippen molar-refractivity contribution in [2.45, 2.75) is 51.7 Å². The molecule has 0 aromatic heterocycles. The molecule has 45 heavy (non-hydrogen) atoms. The predicted molar refractivity (Wildman–Crippen MR) is 177 cm³/mol. The summed E-state index contributed by atoms with van der Waals surface area (Å²) < 4.78 is 5.96. The first-order valence-corrected chi connectivity index (χ1v) is 15.4. The highest BCUT2D eigenvalue weighted by atomic mass is 16.6. The average Bonchev–Trinajstić information content (AvgIpc) is 3.02. The smallest absolute Gasteiger partial charge is 0.410 e. The average molecular weight is 608 g/mol. The van der Waals surface area contributed by atoms with Crippen molar-refractivity contribution in [3.05, 3.63) is 114 Å². The molecule has 1 aliphatic rings. The molecular weight excluding hydrogens is 566 g/mol. The Bertz CT molecular complexity index is 1640. The predicted octanol–water partition coefficient (Wildman–Crippen LogP) is 8.17. The second-order valence-electron chi connectivity index (χ2n) is 12.7. The molecule has 0 spiro atoms. The normalized spacial score (nSPS) is 17.4. The van der Waals surface area contributed by atoms with Crippen LogP contribution in [-0.2, 0) is 4.74 Å². The molecule has 1 fully saturated rings. The highest BCUT2D eigenvalue weighted by Gasteiger charge is 2.37. The lowest BCUT2D eigenvalue weighted by atomic mass is 9.80. The molecule has 1 saturated heterocycles. The van der Waals surface area contributed by atoms with Gasteiger partial charge in [0.05, 0.1) is 11.6 Å². The number of carbonyl (C=O) groups is 3. The van der Waals surface area contributed by atoms with Gasteiger partial charge in [-0.3, -0.25) is 0 Å². The molecule has 2 N–H and O–H groups in total. The van der Waals surface area contributed by atoms with Crippen molar-refractivity contribution in [2.24, 2.45) is 5.92 Å². The summed E-state index contributed by atoms with van der Waals surface area (Å²) in [6.45, 7) is 9.14. The number of piperidine rings is 1. The first-order valence-electron chi connectivity index (χ1n) is 15.4. The van der Waals surface area contributed by atoms with Crippen molar-refractivity contribution in [1.29, 1.82) is 0 Å². The van der Waals surface area contributed by atoms with Gasteiger partial charge in [-0.25, -0.2) is 14.4 Å². The van der Waals surface area contributed by atoms with Gasteiger partial charge in [0.15, 0.2) is 0 Å². The first-order chi connectivity index (χ1) is 21.5. The molecule has 234 valence electrons. The number of likely N-dealkylation sites (tertiary alicyclic amines) is 1. The minimum absolute atomic E-state index is 0.0234. The van der Waals surface area contributed by atoms with Gasteiger partial charge in [0.1, 0.15) is 5.60 Å². The lowest BCUT2D eigenvalue weighted by Gasteiger charge is -2.42. The van der Waals surface area contributed by atoms with E-state index < -0.39 is 11.6 Å². The molecule has 4 aromatic rings. The van der Waals surface area contributed by atoms with Crippen LogP contribution in [0.15, 0.2) is 97.1 Å². The third kappa shape index (κ3) is 7.63. The Balaban J connectivity index is 1.41. The number of carboxylic acid groups (broad SMARTS) is 1. The molecule has 8 heteroatoms. The Kier molecular flexibility index (Phi) is 9.42. The van der Waals surface area contributed by atoms with E-state index in [1.807, 2.05) is 62.1 Å². The van der Waals surface area contributed by atoms with Gasteiger partial charge >= 0.3 is 18.1 Å². The highest BCUT2D eigenvalue weighted by Crippen LogP contribution is 2.37. The van der Waals surface area contributed by atoms with Crippen molar-refractivity contribution in [2.75, 3.05) is 25.0 Å². The van der Waals surface area contributed by atoms with E-state index in [2.05, 4.69) is 48.6 Å². The van der Waals surface area contributed by atoms with Crippen LogP contribution in [0, 0.1) is 5.92 Å². The number of rotatable bonds is 7. The van der Waals surface area contributed by atoms with Crippen LogP contribution in [0.1, 0.15) is 67.6 Å². The van der Waals surface area contributed by atoms with E-state index in [0.29, 0.717) is 31.7 Å². The van der Waals surface area contributed by atoms with Crippen LogP contribution in [0.3, 0.4) is 0 Å². The van der Waals surface area contributed by atoms with E-state index in [9.17, 15) is 19.5 Å². The zero-order valence-corrected chi connectivity index (χ0v) is 26.3. The Morgan fingerprint density at radius 3 is 2.29 bits per heavy atom. The van der Waals surface area contributed by atoms with Crippen LogP contribution in [0.25, 0.3) is 10.8 Å². The lowest BCUT2D eigenvalue weighted by Crippen LogP contribution is -2.49. The van der Waals surface area contributed by atoms with Gasteiger partial charge in [0.25, 0.3) is 0 Å². The zero-order chi connectivity index (χ0) is 32.1. The largest absolute Gasteiger partial charge is 0.478 e. The Labute approximate surface area is 264 Å². The van der Waals surface area contributed by atoms with Gasteiger partial charge in [-0.1, -0.05) is 72.8 Å². The number of hydrogen-bond donors (Lipinski definition) is 2. The number of benzene rings is 4. The molecule has 2 unspecified atom stereocenters. The minimum Gasteiger partial charge on any atom is -0.478 e. The maximum atomic E-state index is 13.9. The Hall–Kier alpha value is -4.85. The number of carbonyl (C=O) groups excluding carboxylic acids is 2. The third-order valence-electron chi connectivity index (χ3n) is 8.45. The maximum Gasteiger partial charge on any atom is 0.410 e. The molecular formula is C37H41N3O5. The van der Waals surface area contributed by atoms with Crippen LogP contribution in [0.5, 0.6) is 0 Å². The van der Waals surface area contributed by atoms with Crippen molar-refractivity contribution in [3.63, 3.8) is 0 Å². The molecule has 1 aliphatic heterocycles. The number of nitrogens with zero attached hydrogens (tertiary/aromatic N) is 2. The van der Waals surface area contributed by atoms with Crippen molar-refractivity contribution < 1.29 is 24.2 Å². The zero-order valence-electron chi connectivity index (χ0n) is 26.3. The van der Waals surface area contributed by atoms with E-state index in [4.69, 9.17) is 4.74 Å². The van der Waals surface area contributed by atoms with E-state index in [1.165, 1.54) is 12.1 Å². The molecule has 0 aliphatic carbocycles. The number of amides is 3. The summed E-state index contributed by atoms with van der Waals surface area (Å²) in [6, 6.07) is 30.2. The summed E-state index contributed by atoms with van der Waals surface area (Å²) in [6.07, 6.45) is 0.326. The number of aromatic carboxylic acids is 1. The van der Waals surface area contributed by atoms with Crippen molar-refractivity contribution in [1.82, 2.24) is 9.80 Å². The molecule has 3 amide bonds. The van der Waals surface area contributed by atoms with Gasteiger partial charge in [-0.2, -0.15) is 0 Å². The Morgan fingerprint density at radius 1 is 0.933 bits per heavy atom. The maximum absolute atomic E-state index is 13.9. The monoisotopic (exact) mass is 607 g/mol. The molecule has 0 radical (unpaired) electrons. The summed E-state index contributed by atoms with van der Waals surface area (Å²) in [4.78, 5) is 42.1. The fraction of sp³-hybridized carbons (Fsp3) is 0.324. The second-order valence-corrected chi connectivity index (χ2v) is 12.7. The van der Waals surface area contributed by atoms with Crippen molar-refractivity contribution >= 4 is 34.6 Å². The number of anilines is 1. The Morgan fingerprint density at radius 2 is 1.60 bits per heavy atom. The third-order valence-corrected chi connectivity index (χ3v) is 8.45. The van der Waals surface area contributed by atoms with Crippen LogP contribution < -0.4 is 5.32 Å². The summed E-state index contributed by atoms with van der Waals surface area (Å²) in [5.41, 5.74) is 2.19. The highest BCUT2D eigenvalue weighted by molar-refractivity contribution is 5.91. The number of carboxylic acids is 1. The topological polar surface area (TPSA) is 99.2 Å². The molecule has 3 atom stereocenters. The second kappa shape index (κ2) is 13.4. The molecule has 1 heterocycles. The van der Waals surface area contributed by atoms with Crippen LogP contribution in [0.2, 0.25) is 0 Å². The summed E-state index contributed by atoms with van der Waals surface area (Å²) in [7, 11) is 0. The van der Waals surface area contributed by atoms with Gasteiger partial charge < -0.3 is 25.0 Å². The van der Waals surface area contributed by atoms with Crippen molar-refractivity contribution in [3.8, 4) is 0 Å². The van der Waals surface area contributed by atoms with Gasteiger partial charge in [-0.15, -0.1) is 0 Å². The quantitative estimate of drug-likeness (QED) is 0.221. The first kappa shape index (κ1) is 31.6. The van der Waals surface area contributed by atoms with E-state index >= 15 is 0 Å². The van der Waals surface area contributed by atoms with Crippen LogP contribution >= 0.6 is 0 Å². The standard InChI is InChI=1S/C37H41N3O5/c1-25(31-16-10-14-26-13-8-9-15-32(26)31)40(36(44)45-37(2,3)4)23-29-21-22-39(24-33(29)27-11-6-5-7-12-27)35(43)38-30-19-17-28(18-20-30)34(41)42/h5-20,25,29,33H,21-24H2,1-4H3,(H,38,43)(H,41,42)/t25-,29?,33?/m1/s1. The van der Waals surface area contributed by atoms with E-state index in [0.717, 1.165) is 21.9 Å². The molecule has 5 rings (SSSR count). The number of urea groups is 1. The van der Waals surface area contributed by atoms with Gasteiger partial charge in [-0.05, 0) is 86.2 Å². The molecule has 0 bridgehead atoms. The van der Waals surface area contributed by atoms with E-state index in [1.54, 1.807) is 17.0 Å². The van der Waals surface area contributed by atoms with E-state index in [-0.39, 0.29) is 35.6 Å². The summed E-state index contributed by atoms with van der Waals surface area (Å²) in [5, 5.41) is 14.3. The van der Waals surface area contributed by atoms with Crippen LogP contribution in [-0.4, -0.2) is 58.2 Å². The molecule has 8 nitrogen and oxygen atoms in total. The van der Waals surface area contributed by atoms with Crippen LogP contribution in [0.4, 0.5) is 15.3 Å². The number of fused-ring (bicyclic) bond motifs is 1. The fourth-order valence-electron chi connectivity index (χ4n) is 6.13. The molecule has 0 saturated carbocycles. The lowest BCUT2D eigenvalue weighted by molar-refractivity contribution is 0.0101. The summed E-state index contributed by atoms with van der Waals surface area (Å²) >= 11 is 0. The number of ether oxygens (including phenoxy) is 1. The number of hydrogen-bond acceptors (Lipinski definition) is 4. The minimum atomic E-state index is -1.02. The fourth-order valence-corrected chi connectivity index (χ4v) is 6.13. The SMILES string of the molecule is C[C@H](c1cccc2ccccc12)N(CC1CCN(C(=O)Nc2ccc(C(=O)O)cc2)CC1c1ccccc1)C(=O)OC(C)(C)C. The van der Waals surface area contributed by atoms with Gasteiger partial charge in [0, 0.05) is 31.2 Å². The number of nitrogens with one attached hydrogen (secondary N) is 1. The van der Waals surface area contributed by atoms with Gasteiger partial charge in [0.2, 0.25) is 0 Å². The molecule has 4 aromatic carbocycles. The summed E-state index contributed by atoms with van der Waals surface area (Å²) in [5.74, 6) is -0.975.